The quantitative estimate of drug-likeness (QED) is 0.507. The van der Waals surface area contributed by atoms with Crippen molar-refractivity contribution >= 4 is 17.4 Å². The SMILES string of the molecule is CC.Cc1ccc(Nc2nc(C#N)ccc2C(=O)NOCCCO)c(F)c1. The fourth-order valence-electron chi connectivity index (χ4n) is 1.96. The average Bonchev–Trinajstić information content (AvgIpc) is 2.68. The van der Waals surface area contributed by atoms with Gasteiger partial charge in [-0.15, -0.1) is 0 Å². The van der Waals surface area contributed by atoms with Crippen LogP contribution < -0.4 is 10.8 Å². The molecule has 0 saturated carbocycles. The highest BCUT2D eigenvalue weighted by atomic mass is 19.1. The van der Waals surface area contributed by atoms with Crippen LogP contribution in [0.1, 0.15) is 41.9 Å². The number of amides is 1. The highest BCUT2D eigenvalue weighted by Crippen LogP contribution is 2.23. The molecule has 2 aromatic rings. The maximum Gasteiger partial charge on any atom is 0.278 e. The van der Waals surface area contributed by atoms with E-state index < -0.39 is 11.7 Å². The van der Waals surface area contributed by atoms with Gasteiger partial charge in [0, 0.05) is 6.61 Å². The van der Waals surface area contributed by atoms with Crippen LogP contribution in [0.3, 0.4) is 0 Å². The molecular formula is C19H23FN4O3. The van der Waals surface area contributed by atoms with E-state index in [4.69, 9.17) is 15.2 Å². The van der Waals surface area contributed by atoms with Crippen molar-refractivity contribution in [3.63, 3.8) is 0 Å². The van der Waals surface area contributed by atoms with E-state index in [2.05, 4.69) is 15.8 Å². The number of hydrogen-bond donors (Lipinski definition) is 3. The number of hydroxylamine groups is 1. The minimum Gasteiger partial charge on any atom is -0.396 e. The second-order valence-corrected chi connectivity index (χ2v) is 5.17. The predicted octanol–water partition coefficient (Wildman–Crippen LogP) is 3.21. The first-order valence-electron chi connectivity index (χ1n) is 8.52. The minimum atomic E-state index is -0.607. The van der Waals surface area contributed by atoms with Crippen molar-refractivity contribution < 1.29 is 19.1 Å². The maximum atomic E-state index is 14.0. The van der Waals surface area contributed by atoms with Crippen molar-refractivity contribution in [1.29, 1.82) is 5.26 Å². The molecule has 0 radical (unpaired) electrons. The lowest BCUT2D eigenvalue weighted by molar-refractivity contribution is 0.0262. The number of carbonyl (C=O) groups is 1. The molecule has 0 unspecified atom stereocenters. The Balaban J connectivity index is 0.00000176. The number of hydrogen-bond acceptors (Lipinski definition) is 6. The number of pyridine rings is 1. The van der Waals surface area contributed by atoms with Crippen LogP contribution in [0.5, 0.6) is 0 Å². The molecule has 0 aliphatic heterocycles. The number of aromatic nitrogens is 1. The largest absolute Gasteiger partial charge is 0.396 e. The summed E-state index contributed by atoms with van der Waals surface area (Å²) < 4.78 is 14.0. The van der Waals surface area contributed by atoms with Gasteiger partial charge in [0.05, 0.1) is 17.9 Å². The average molecular weight is 374 g/mol. The Morgan fingerprint density at radius 3 is 2.70 bits per heavy atom. The molecule has 3 N–H and O–H groups in total. The molecule has 2 rings (SSSR count). The van der Waals surface area contributed by atoms with Gasteiger partial charge in [0.2, 0.25) is 0 Å². The van der Waals surface area contributed by atoms with Crippen molar-refractivity contribution in [3.8, 4) is 6.07 Å². The number of aryl methyl sites for hydroxylation is 1. The van der Waals surface area contributed by atoms with Gasteiger partial charge in [-0.3, -0.25) is 9.63 Å². The number of aliphatic hydroxyl groups is 1. The molecule has 144 valence electrons. The van der Waals surface area contributed by atoms with Crippen LogP contribution in [0.15, 0.2) is 30.3 Å². The van der Waals surface area contributed by atoms with E-state index in [1.165, 1.54) is 24.3 Å². The lowest BCUT2D eigenvalue weighted by Gasteiger charge is -2.12. The predicted molar refractivity (Wildman–Crippen MR) is 99.8 cm³/mol. The molecule has 0 aliphatic rings. The molecule has 27 heavy (non-hydrogen) atoms. The molecule has 1 heterocycles. The Morgan fingerprint density at radius 1 is 1.33 bits per heavy atom. The summed E-state index contributed by atoms with van der Waals surface area (Å²) in [4.78, 5) is 21.2. The number of nitrogens with zero attached hydrogens (tertiary/aromatic N) is 2. The number of anilines is 2. The van der Waals surface area contributed by atoms with E-state index in [-0.39, 0.29) is 36.0 Å². The third-order valence-corrected chi connectivity index (χ3v) is 3.20. The smallest absolute Gasteiger partial charge is 0.278 e. The first-order chi connectivity index (χ1) is 13.0. The van der Waals surface area contributed by atoms with Crippen molar-refractivity contribution in [1.82, 2.24) is 10.5 Å². The van der Waals surface area contributed by atoms with Crippen LogP contribution in [-0.2, 0) is 4.84 Å². The van der Waals surface area contributed by atoms with E-state index in [0.29, 0.717) is 6.42 Å². The molecule has 8 heteroatoms. The third-order valence-electron chi connectivity index (χ3n) is 3.20. The molecule has 1 amide bonds. The molecule has 0 spiro atoms. The number of rotatable bonds is 7. The zero-order valence-electron chi connectivity index (χ0n) is 15.5. The number of aliphatic hydroxyl groups excluding tert-OH is 1. The second-order valence-electron chi connectivity index (χ2n) is 5.17. The van der Waals surface area contributed by atoms with Gasteiger partial charge < -0.3 is 10.4 Å². The summed E-state index contributed by atoms with van der Waals surface area (Å²) in [5, 5.41) is 20.4. The summed E-state index contributed by atoms with van der Waals surface area (Å²) >= 11 is 0. The van der Waals surface area contributed by atoms with Crippen LogP contribution in [0, 0.1) is 24.1 Å². The fraction of sp³-hybridized carbons (Fsp3) is 0.316. The number of nitrogens with one attached hydrogen (secondary N) is 2. The van der Waals surface area contributed by atoms with Gasteiger partial charge in [0.1, 0.15) is 23.4 Å². The lowest BCUT2D eigenvalue weighted by Crippen LogP contribution is -2.25. The van der Waals surface area contributed by atoms with Crippen molar-refractivity contribution in [3.05, 3.63) is 53.0 Å². The van der Waals surface area contributed by atoms with Crippen LogP contribution in [0.25, 0.3) is 0 Å². The Labute approximate surface area is 157 Å². The third kappa shape index (κ3) is 6.66. The van der Waals surface area contributed by atoms with E-state index in [1.54, 1.807) is 13.0 Å². The van der Waals surface area contributed by atoms with Gasteiger partial charge in [-0.1, -0.05) is 19.9 Å². The van der Waals surface area contributed by atoms with E-state index in [0.717, 1.165) is 5.56 Å². The highest BCUT2D eigenvalue weighted by molar-refractivity contribution is 5.98. The molecule has 0 atom stereocenters. The van der Waals surface area contributed by atoms with Gasteiger partial charge in [-0.25, -0.2) is 14.9 Å². The van der Waals surface area contributed by atoms with Crippen molar-refractivity contribution in [2.45, 2.75) is 27.2 Å². The monoisotopic (exact) mass is 374 g/mol. The van der Waals surface area contributed by atoms with Crippen LogP contribution in [0.2, 0.25) is 0 Å². The first-order valence-corrected chi connectivity index (χ1v) is 8.52. The standard InChI is InChI=1S/C17H17FN4O3.C2H6/c1-11-3-6-15(14(18)9-11)21-16-13(5-4-12(10-19)20-16)17(24)22-25-8-2-7-23;1-2/h3-6,9,23H,2,7-8H2,1H3,(H,20,21)(H,22,24);1-2H3. The number of halogens is 1. The summed E-state index contributed by atoms with van der Waals surface area (Å²) in [6, 6.07) is 9.20. The zero-order chi connectivity index (χ0) is 20.2. The molecule has 1 aromatic heterocycles. The normalized spacial score (nSPS) is 9.63. The van der Waals surface area contributed by atoms with E-state index in [9.17, 15) is 9.18 Å². The summed E-state index contributed by atoms with van der Waals surface area (Å²) in [5.74, 6) is -1.08. The minimum absolute atomic E-state index is 0.0325. The Morgan fingerprint density at radius 2 is 2.07 bits per heavy atom. The van der Waals surface area contributed by atoms with E-state index >= 15 is 0 Å². The fourth-order valence-corrected chi connectivity index (χ4v) is 1.96. The zero-order valence-corrected chi connectivity index (χ0v) is 15.5. The molecule has 0 saturated heterocycles. The van der Waals surface area contributed by atoms with Crippen molar-refractivity contribution in [2.75, 3.05) is 18.5 Å². The Hall–Kier alpha value is -3.02. The van der Waals surface area contributed by atoms with Gasteiger partial charge in [0.15, 0.2) is 0 Å². The summed E-state index contributed by atoms with van der Waals surface area (Å²) in [7, 11) is 0. The molecule has 0 fully saturated rings. The van der Waals surface area contributed by atoms with Gasteiger partial charge in [-0.2, -0.15) is 5.26 Å². The topological polar surface area (TPSA) is 107 Å². The number of carbonyl (C=O) groups excluding carboxylic acids is 1. The number of benzene rings is 1. The van der Waals surface area contributed by atoms with Crippen LogP contribution in [-0.4, -0.2) is 29.2 Å². The van der Waals surface area contributed by atoms with Crippen LogP contribution >= 0.6 is 0 Å². The molecular weight excluding hydrogens is 351 g/mol. The number of nitriles is 1. The molecule has 1 aromatic carbocycles. The molecule has 0 bridgehead atoms. The van der Waals surface area contributed by atoms with Crippen LogP contribution in [0.4, 0.5) is 15.9 Å². The summed E-state index contributed by atoms with van der Waals surface area (Å²) in [5.41, 5.74) is 3.25. The Bertz CT molecular complexity index is 806. The van der Waals surface area contributed by atoms with Gasteiger partial charge in [0.25, 0.3) is 5.91 Å². The lowest BCUT2D eigenvalue weighted by atomic mass is 10.2. The van der Waals surface area contributed by atoms with Crippen molar-refractivity contribution in [2.24, 2.45) is 0 Å². The highest BCUT2D eigenvalue weighted by Gasteiger charge is 2.15. The van der Waals surface area contributed by atoms with Gasteiger partial charge in [-0.05, 0) is 43.2 Å². The molecule has 0 aliphatic carbocycles. The maximum absolute atomic E-state index is 14.0. The first kappa shape index (κ1) is 22.0. The summed E-state index contributed by atoms with van der Waals surface area (Å²) in [6.07, 6.45) is 0.367. The second kappa shape index (κ2) is 11.6. The summed E-state index contributed by atoms with van der Waals surface area (Å²) in [6.45, 7) is 5.83. The van der Waals surface area contributed by atoms with Gasteiger partial charge >= 0.3 is 0 Å². The Kier molecular flexibility index (Phi) is 9.43. The molecule has 7 nitrogen and oxygen atoms in total. The van der Waals surface area contributed by atoms with E-state index in [1.807, 2.05) is 19.9 Å².